The van der Waals surface area contributed by atoms with Crippen LogP contribution in [0.4, 0.5) is 0 Å². The summed E-state index contributed by atoms with van der Waals surface area (Å²) in [5.41, 5.74) is 4.45. The molecule has 0 atom stereocenters. The lowest BCUT2D eigenvalue weighted by Gasteiger charge is -2.07. The molecule has 2 rings (SSSR count). The highest BCUT2D eigenvalue weighted by molar-refractivity contribution is 7.89. The second kappa shape index (κ2) is 5.03. The highest BCUT2D eigenvalue weighted by Gasteiger charge is 2.20. The highest BCUT2D eigenvalue weighted by atomic mass is 32.2. The lowest BCUT2D eigenvalue weighted by Crippen LogP contribution is -2.14. The lowest BCUT2D eigenvalue weighted by molar-refractivity contribution is 0.595. The van der Waals surface area contributed by atoms with Gasteiger partial charge in [0.15, 0.2) is 0 Å². The molecule has 0 saturated carbocycles. The standard InChI is InChI=1S/C14H19N3O2S/c1-9-5-10(2)7-13(6-9)8-17-12(4)14(11(3)16-17)20(15,18)19/h5-7H,8H2,1-4H3,(H2,15,18,19). The second-order valence-electron chi connectivity index (χ2n) is 5.20. The first-order chi connectivity index (χ1) is 9.18. The summed E-state index contributed by atoms with van der Waals surface area (Å²) in [4.78, 5) is 0.127. The van der Waals surface area contributed by atoms with Gasteiger partial charge in [-0.1, -0.05) is 29.3 Å². The minimum atomic E-state index is -3.74. The summed E-state index contributed by atoms with van der Waals surface area (Å²) in [5, 5.41) is 9.52. The third-order valence-electron chi connectivity index (χ3n) is 3.21. The van der Waals surface area contributed by atoms with Gasteiger partial charge in [-0.3, -0.25) is 4.68 Å². The Morgan fingerprint density at radius 1 is 1.10 bits per heavy atom. The van der Waals surface area contributed by atoms with Crippen molar-refractivity contribution < 1.29 is 8.42 Å². The third kappa shape index (κ3) is 2.91. The van der Waals surface area contributed by atoms with Gasteiger partial charge in [-0.2, -0.15) is 5.10 Å². The molecule has 0 spiro atoms. The number of nitrogens with zero attached hydrogens (tertiary/aromatic N) is 2. The molecule has 0 aliphatic rings. The molecule has 2 N–H and O–H groups in total. The molecule has 1 aromatic carbocycles. The molecule has 0 aliphatic heterocycles. The van der Waals surface area contributed by atoms with Crippen molar-refractivity contribution in [2.75, 3.05) is 0 Å². The van der Waals surface area contributed by atoms with Gasteiger partial charge in [0.1, 0.15) is 4.90 Å². The van der Waals surface area contributed by atoms with Gasteiger partial charge in [0.05, 0.1) is 17.9 Å². The zero-order valence-corrected chi connectivity index (χ0v) is 13.0. The number of aromatic nitrogens is 2. The topological polar surface area (TPSA) is 78.0 Å². The van der Waals surface area contributed by atoms with Crippen LogP contribution in [0.3, 0.4) is 0 Å². The van der Waals surface area contributed by atoms with Crippen molar-refractivity contribution in [2.24, 2.45) is 5.14 Å². The first kappa shape index (κ1) is 14.7. The predicted molar refractivity (Wildman–Crippen MR) is 78.1 cm³/mol. The summed E-state index contributed by atoms with van der Waals surface area (Å²) >= 11 is 0. The molecule has 0 aliphatic carbocycles. The summed E-state index contributed by atoms with van der Waals surface area (Å²) in [5.74, 6) is 0. The van der Waals surface area contributed by atoms with E-state index in [0.717, 1.165) is 5.56 Å². The van der Waals surface area contributed by atoms with Crippen molar-refractivity contribution in [1.82, 2.24) is 9.78 Å². The van der Waals surface area contributed by atoms with E-state index in [2.05, 4.69) is 23.3 Å². The van der Waals surface area contributed by atoms with Crippen LogP contribution >= 0.6 is 0 Å². The summed E-state index contributed by atoms with van der Waals surface area (Å²) < 4.78 is 24.8. The molecule has 0 saturated heterocycles. The first-order valence-corrected chi connectivity index (χ1v) is 7.87. The molecule has 0 bridgehead atoms. The molecule has 1 heterocycles. The smallest absolute Gasteiger partial charge is 0.241 e. The van der Waals surface area contributed by atoms with E-state index < -0.39 is 10.0 Å². The minimum absolute atomic E-state index is 0.127. The SMILES string of the molecule is Cc1cc(C)cc(Cn2nc(C)c(S(N)(=O)=O)c2C)c1. The average molecular weight is 293 g/mol. The highest BCUT2D eigenvalue weighted by Crippen LogP contribution is 2.19. The number of hydrogen-bond donors (Lipinski definition) is 1. The van der Waals surface area contributed by atoms with E-state index in [1.54, 1.807) is 18.5 Å². The van der Waals surface area contributed by atoms with Crippen LogP contribution in [0, 0.1) is 27.7 Å². The Labute approximate surface area is 119 Å². The van der Waals surface area contributed by atoms with E-state index in [1.165, 1.54) is 11.1 Å². The van der Waals surface area contributed by atoms with Gasteiger partial charge in [0.25, 0.3) is 0 Å². The fourth-order valence-corrected chi connectivity index (χ4v) is 3.55. The molecule has 5 nitrogen and oxygen atoms in total. The molecule has 2 aromatic rings. The van der Waals surface area contributed by atoms with Gasteiger partial charge >= 0.3 is 0 Å². The zero-order valence-electron chi connectivity index (χ0n) is 12.1. The number of primary sulfonamides is 1. The summed E-state index contributed by atoms with van der Waals surface area (Å²) in [6.45, 7) is 7.98. The Bertz CT molecular complexity index is 741. The largest absolute Gasteiger partial charge is 0.264 e. The van der Waals surface area contributed by atoms with Crippen LogP contribution in [0.15, 0.2) is 23.1 Å². The Kier molecular flexibility index (Phi) is 3.71. The quantitative estimate of drug-likeness (QED) is 0.937. The normalized spacial score (nSPS) is 11.8. The van der Waals surface area contributed by atoms with Crippen LogP contribution in [0.1, 0.15) is 28.1 Å². The van der Waals surface area contributed by atoms with E-state index >= 15 is 0 Å². The van der Waals surface area contributed by atoms with Gasteiger partial charge in [-0.25, -0.2) is 13.6 Å². The molecule has 0 amide bonds. The van der Waals surface area contributed by atoms with E-state index in [-0.39, 0.29) is 4.90 Å². The molecule has 20 heavy (non-hydrogen) atoms. The third-order valence-corrected chi connectivity index (χ3v) is 4.37. The van der Waals surface area contributed by atoms with Crippen molar-refractivity contribution in [3.63, 3.8) is 0 Å². The van der Waals surface area contributed by atoms with Gasteiger partial charge in [0.2, 0.25) is 10.0 Å². The number of aryl methyl sites for hydroxylation is 3. The van der Waals surface area contributed by atoms with Crippen LogP contribution in [-0.2, 0) is 16.6 Å². The number of benzene rings is 1. The molecule has 108 valence electrons. The average Bonchev–Trinajstić information content (AvgIpc) is 2.51. The van der Waals surface area contributed by atoms with Crippen LogP contribution in [0.2, 0.25) is 0 Å². The van der Waals surface area contributed by atoms with Crippen molar-refractivity contribution in [3.8, 4) is 0 Å². The first-order valence-electron chi connectivity index (χ1n) is 6.32. The van der Waals surface area contributed by atoms with Gasteiger partial charge in [-0.15, -0.1) is 0 Å². The van der Waals surface area contributed by atoms with Crippen molar-refractivity contribution in [3.05, 3.63) is 46.3 Å². The fourth-order valence-electron chi connectivity index (χ4n) is 2.58. The van der Waals surface area contributed by atoms with E-state index in [0.29, 0.717) is 17.9 Å². The van der Waals surface area contributed by atoms with Crippen molar-refractivity contribution in [1.29, 1.82) is 0 Å². The van der Waals surface area contributed by atoms with Crippen molar-refractivity contribution >= 4 is 10.0 Å². The maximum Gasteiger partial charge on any atom is 0.241 e. The molecular formula is C14H19N3O2S. The monoisotopic (exact) mass is 293 g/mol. The van der Waals surface area contributed by atoms with E-state index in [9.17, 15) is 8.42 Å². The number of nitrogens with two attached hydrogens (primary N) is 1. The Balaban J connectivity index is 2.45. The lowest BCUT2D eigenvalue weighted by atomic mass is 10.1. The summed E-state index contributed by atoms with van der Waals surface area (Å²) in [6.07, 6.45) is 0. The Morgan fingerprint density at radius 2 is 1.65 bits per heavy atom. The van der Waals surface area contributed by atoms with Crippen LogP contribution < -0.4 is 5.14 Å². The molecule has 1 aromatic heterocycles. The van der Waals surface area contributed by atoms with Gasteiger partial charge in [-0.05, 0) is 33.3 Å². The number of rotatable bonds is 3. The maximum atomic E-state index is 11.6. The van der Waals surface area contributed by atoms with Crippen LogP contribution in [0.5, 0.6) is 0 Å². The van der Waals surface area contributed by atoms with Crippen molar-refractivity contribution in [2.45, 2.75) is 39.1 Å². The van der Waals surface area contributed by atoms with Crippen LogP contribution in [-0.4, -0.2) is 18.2 Å². The van der Waals surface area contributed by atoms with Gasteiger partial charge < -0.3 is 0 Å². The maximum absolute atomic E-state index is 11.6. The van der Waals surface area contributed by atoms with E-state index in [4.69, 9.17) is 5.14 Å². The molecule has 0 radical (unpaired) electrons. The number of hydrogen-bond acceptors (Lipinski definition) is 3. The van der Waals surface area contributed by atoms with Crippen LogP contribution in [0.25, 0.3) is 0 Å². The fraction of sp³-hybridized carbons (Fsp3) is 0.357. The number of sulfonamides is 1. The summed E-state index contributed by atoms with van der Waals surface area (Å²) in [7, 11) is -3.74. The molecule has 0 unspecified atom stereocenters. The zero-order chi connectivity index (χ0) is 15.1. The predicted octanol–water partition coefficient (Wildman–Crippen LogP) is 1.81. The molecule has 0 fully saturated rings. The minimum Gasteiger partial charge on any atom is -0.264 e. The summed E-state index contributed by atoms with van der Waals surface area (Å²) in [6, 6.07) is 6.24. The Morgan fingerprint density at radius 3 is 2.10 bits per heavy atom. The van der Waals surface area contributed by atoms with Gasteiger partial charge in [0, 0.05) is 0 Å². The molecule has 6 heteroatoms. The Hall–Kier alpha value is -1.66. The molecular weight excluding hydrogens is 274 g/mol. The van der Waals surface area contributed by atoms with E-state index in [1.807, 2.05) is 13.8 Å². The second-order valence-corrected chi connectivity index (χ2v) is 6.70.